The number of hydrogen-bond donors (Lipinski definition) is 1. The zero-order valence-electron chi connectivity index (χ0n) is 12.3. The summed E-state index contributed by atoms with van der Waals surface area (Å²) in [4.78, 5) is 2.29. The minimum atomic E-state index is -0.405. The van der Waals surface area contributed by atoms with Crippen LogP contribution in [-0.2, 0) is 9.47 Å². The monoisotopic (exact) mass is 259 g/mol. The molecule has 4 nitrogen and oxygen atoms in total. The topological polar surface area (TPSA) is 41.9 Å². The van der Waals surface area contributed by atoms with Gasteiger partial charge in [0, 0.05) is 31.8 Å². The lowest BCUT2D eigenvalue weighted by Crippen LogP contribution is -2.43. The fourth-order valence-electron chi connectivity index (χ4n) is 2.40. The van der Waals surface area contributed by atoms with Gasteiger partial charge in [-0.25, -0.2) is 0 Å². The third kappa shape index (κ3) is 5.65. The van der Waals surface area contributed by atoms with Crippen molar-refractivity contribution in [3.05, 3.63) is 0 Å². The molecule has 108 valence electrons. The Morgan fingerprint density at radius 3 is 2.22 bits per heavy atom. The first-order valence-corrected chi connectivity index (χ1v) is 7.13. The highest BCUT2D eigenvalue weighted by atomic mass is 16.5. The molecule has 1 aliphatic rings. The van der Waals surface area contributed by atoms with Crippen molar-refractivity contribution in [3.8, 4) is 0 Å². The summed E-state index contributed by atoms with van der Waals surface area (Å²) in [6.45, 7) is 11.3. The number of nitrogens with zero attached hydrogens (tertiary/aromatic N) is 1. The lowest BCUT2D eigenvalue weighted by atomic mass is 10.1. The smallest absolute Gasteiger partial charge is 0.0900 e. The quantitative estimate of drug-likeness (QED) is 0.755. The fraction of sp³-hybridized carbons (Fsp3) is 1.00. The first-order valence-electron chi connectivity index (χ1n) is 7.13. The summed E-state index contributed by atoms with van der Waals surface area (Å²) in [6, 6.07) is 0.894. The van der Waals surface area contributed by atoms with Crippen LogP contribution in [0.4, 0.5) is 0 Å². The molecule has 1 unspecified atom stereocenters. The van der Waals surface area contributed by atoms with Crippen molar-refractivity contribution in [1.82, 2.24) is 4.90 Å². The summed E-state index contributed by atoms with van der Waals surface area (Å²) in [6.07, 6.45) is 1.76. The van der Waals surface area contributed by atoms with E-state index in [2.05, 4.69) is 32.6 Å². The van der Waals surface area contributed by atoms with Crippen molar-refractivity contribution in [3.63, 3.8) is 0 Å². The van der Waals surface area contributed by atoms with Crippen molar-refractivity contribution >= 4 is 0 Å². The Bertz CT molecular complexity index is 207. The summed E-state index contributed by atoms with van der Waals surface area (Å²) in [5.74, 6) is 0. The minimum Gasteiger partial charge on any atom is -0.389 e. The molecule has 1 rings (SSSR count). The van der Waals surface area contributed by atoms with Crippen molar-refractivity contribution < 1.29 is 14.6 Å². The molecule has 1 atom stereocenters. The van der Waals surface area contributed by atoms with Crippen LogP contribution in [0.15, 0.2) is 0 Å². The molecule has 1 fully saturated rings. The second kappa shape index (κ2) is 8.10. The maximum absolute atomic E-state index is 10.1. The zero-order chi connectivity index (χ0) is 13.5. The molecular weight excluding hydrogens is 230 g/mol. The van der Waals surface area contributed by atoms with E-state index in [9.17, 15) is 5.11 Å². The molecule has 0 aliphatic carbocycles. The van der Waals surface area contributed by atoms with Crippen molar-refractivity contribution in [2.75, 3.05) is 26.4 Å². The van der Waals surface area contributed by atoms with Gasteiger partial charge in [0.25, 0.3) is 0 Å². The molecule has 1 N–H and O–H groups in total. The summed E-state index contributed by atoms with van der Waals surface area (Å²) < 4.78 is 11.0. The van der Waals surface area contributed by atoms with Gasteiger partial charge < -0.3 is 14.6 Å². The number of hydrogen-bond acceptors (Lipinski definition) is 4. The van der Waals surface area contributed by atoms with Gasteiger partial charge in [-0.3, -0.25) is 4.90 Å². The normalized spacial score (nSPS) is 20.0. The Morgan fingerprint density at radius 2 is 1.72 bits per heavy atom. The maximum Gasteiger partial charge on any atom is 0.0900 e. The molecule has 0 amide bonds. The predicted molar refractivity (Wildman–Crippen MR) is 72.8 cm³/mol. The Kier molecular flexibility index (Phi) is 7.15. The van der Waals surface area contributed by atoms with E-state index in [-0.39, 0.29) is 6.10 Å². The summed E-state index contributed by atoms with van der Waals surface area (Å²) in [5.41, 5.74) is 0. The van der Waals surface area contributed by atoms with Crippen molar-refractivity contribution in [1.29, 1.82) is 0 Å². The largest absolute Gasteiger partial charge is 0.389 e. The van der Waals surface area contributed by atoms with Gasteiger partial charge in [0.05, 0.1) is 18.8 Å². The first-order chi connectivity index (χ1) is 8.50. The van der Waals surface area contributed by atoms with Crippen LogP contribution in [-0.4, -0.2) is 60.7 Å². The standard InChI is InChI=1S/C14H29NO3/c1-11(2)15(12(3)4)9-13(16)10-18-14-5-7-17-8-6-14/h11-14,16H,5-10H2,1-4H3. The maximum atomic E-state index is 10.1. The highest BCUT2D eigenvalue weighted by Gasteiger charge is 2.20. The number of ether oxygens (including phenoxy) is 2. The number of aliphatic hydroxyl groups excluding tert-OH is 1. The van der Waals surface area contributed by atoms with Crippen LogP contribution in [0.5, 0.6) is 0 Å². The van der Waals surface area contributed by atoms with Gasteiger partial charge in [0.2, 0.25) is 0 Å². The zero-order valence-corrected chi connectivity index (χ0v) is 12.3. The lowest BCUT2D eigenvalue weighted by molar-refractivity contribution is -0.0671. The van der Waals surface area contributed by atoms with Crippen LogP contribution in [0.1, 0.15) is 40.5 Å². The molecule has 0 aromatic carbocycles. The van der Waals surface area contributed by atoms with Crippen LogP contribution >= 0.6 is 0 Å². The van der Waals surface area contributed by atoms with Crippen molar-refractivity contribution in [2.45, 2.75) is 64.8 Å². The second-order valence-electron chi connectivity index (χ2n) is 5.68. The molecule has 0 aromatic heterocycles. The van der Waals surface area contributed by atoms with Crippen LogP contribution in [0.2, 0.25) is 0 Å². The highest BCUT2D eigenvalue weighted by Crippen LogP contribution is 2.12. The fourth-order valence-corrected chi connectivity index (χ4v) is 2.40. The van der Waals surface area contributed by atoms with E-state index in [1.54, 1.807) is 0 Å². The molecule has 4 heteroatoms. The third-order valence-corrected chi connectivity index (χ3v) is 3.44. The number of aliphatic hydroxyl groups is 1. The van der Waals surface area contributed by atoms with Crippen LogP contribution in [0, 0.1) is 0 Å². The average Bonchev–Trinajstić information content (AvgIpc) is 2.34. The first kappa shape index (κ1) is 15.9. The van der Waals surface area contributed by atoms with Crippen LogP contribution in [0.25, 0.3) is 0 Å². The van der Waals surface area contributed by atoms with E-state index in [0.717, 1.165) is 26.1 Å². The molecule has 0 saturated carbocycles. The molecule has 0 bridgehead atoms. The van der Waals surface area contributed by atoms with E-state index < -0.39 is 6.10 Å². The van der Waals surface area contributed by atoms with E-state index in [1.807, 2.05) is 0 Å². The predicted octanol–water partition coefficient (Wildman–Crippen LogP) is 1.66. The Hall–Kier alpha value is -0.160. The van der Waals surface area contributed by atoms with E-state index >= 15 is 0 Å². The van der Waals surface area contributed by atoms with Crippen LogP contribution < -0.4 is 0 Å². The van der Waals surface area contributed by atoms with Gasteiger partial charge in [0.1, 0.15) is 0 Å². The van der Waals surface area contributed by atoms with Crippen molar-refractivity contribution in [2.24, 2.45) is 0 Å². The van der Waals surface area contributed by atoms with Gasteiger partial charge in [-0.05, 0) is 40.5 Å². The summed E-state index contributed by atoms with van der Waals surface area (Å²) in [7, 11) is 0. The van der Waals surface area contributed by atoms with Crippen LogP contribution in [0.3, 0.4) is 0 Å². The summed E-state index contributed by atoms with van der Waals surface area (Å²) >= 11 is 0. The third-order valence-electron chi connectivity index (χ3n) is 3.44. The van der Waals surface area contributed by atoms with Gasteiger partial charge >= 0.3 is 0 Å². The minimum absolute atomic E-state index is 0.264. The molecule has 0 spiro atoms. The Balaban J connectivity index is 2.24. The lowest BCUT2D eigenvalue weighted by Gasteiger charge is -2.33. The Labute approximate surface area is 111 Å². The van der Waals surface area contributed by atoms with Gasteiger partial charge in [-0.1, -0.05) is 0 Å². The SMILES string of the molecule is CC(C)N(CC(O)COC1CCOCC1)C(C)C. The molecule has 1 saturated heterocycles. The molecule has 1 aliphatic heterocycles. The highest BCUT2D eigenvalue weighted by molar-refractivity contribution is 4.72. The van der Waals surface area contributed by atoms with E-state index in [1.165, 1.54) is 0 Å². The molecule has 18 heavy (non-hydrogen) atoms. The van der Waals surface area contributed by atoms with E-state index in [4.69, 9.17) is 9.47 Å². The van der Waals surface area contributed by atoms with Gasteiger partial charge in [0.15, 0.2) is 0 Å². The molecule has 1 heterocycles. The molecular formula is C14H29NO3. The number of rotatable bonds is 7. The summed E-state index contributed by atoms with van der Waals surface area (Å²) in [5, 5.41) is 10.1. The molecule has 0 aromatic rings. The average molecular weight is 259 g/mol. The van der Waals surface area contributed by atoms with E-state index in [0.29, 0.717) is 25.2 Å². The Morgan fingerprint density at radius 1 is 1.17 bits per heavy atom. The second-order valence-corrected chi connectivity index (χ2v) is 5.68. The van der Waals surface area contributed by atoms with Gasteiger partial charge in [-0.2, -0.15) is 0 Å². The molecule has 0 radical (unpaired) electrons. The van der Waals surface area contributed by atoms with Gasteiger partial charge in [-0.15, -0.1) is 0 Å².